The van der Waals surface area contributed by atoms with Crippen LogP contribution in [0.5, 0.6) is 0 Å². The van der Waals surface area contributed by atoms with Crippen molar-refractivity contribution in [2.75, 3.05) is 7.05 Å². The Labute approximate surface area is 111 Å². The van der Waals surface area contributed by atoms with E-state index in [1.54, 1.807) is 16.2 Å². The van der Waals surface area contributed by atoms with E-state index in [4.69, 9.17) is 0 Å². The van der Waals surface area contributed by atoms with Crippen LogP contribution < -0.4 is 0 Å². The summed E-state index contributed by atoms with van der Waals surface area (Å²) in [5, 5.41) is 3.03. The highest BCUT2D eigenvalue weighted by Crippen LogP contribution is 2.13. The van der Waals surface area contributed by atoms with Crippen molar-refractivity contribution in [3.8, 4) is 0 Å². The molecule has 0 atom stereocenters. The molecule has 3 nitrogen and oxygen atoms in total. The maximum Gasteiger partial charge on any atom is 0.254 e. The van der Waals surface area contributed by atoms with Crippen molar-refractivity contribution in [1.29, 1.82) is 0 Å². The normalized spacial score (nSPS) is 10.4. The lowest BCUT2D eigenvalue weighted by Gasteiger charge is -2.17. The van der Waals surface area contributed by atoms with E-state index in [1.807, 2.05) is 50.5 Å². The van der Waals surface area contributed by atoms with Gasteiger partial charge in [0.15, 0.2) is 0 Å². The van der Waals surface area contributed by atoms with Crippen molar-refractivity contribution in [1.82, 2.24) is 9.88 Å². The Bertz CT molecular complexity index is 562. The number of carbonyl (C=O) groups is 1. The van der Waals surface area contributed by atoms with Crippen molar-refractivity contribution in [3.63, 3.8) is 0 Å². The largest absolute Gasteiger partial charge is 0.336 e. The molecule has 0 saturated carbocycles. The van der Waals surface area contributed by atoms with Crippen LogP contribution in [-0.4, -0.2) is 22.8 Å². The van der Waals surface area contributed by atoms with E-state index in [2.05, 4.69) is 4.98 Å². The molecule has 2 rings (SSSR count). The van der Waals surface area contributed by atoms with E-state index in [0.717, 1.165) is 21.8 Å². The molecule has 0 unspecified atom stereocenters. The van der Waals surface area contributed by atoms with E-state index < -0.39 is 0 Å². The van der Waals surface area contributed by atoms with Crippen LogP contribution >= 0.6 is 11.3 Å². The van der Waals surface area contributed by atoms with Gasteiger partial charge >= 0.3 is 0 Å². The first kappa shape index (κ1) is 12.8. The quantitative estimate of drug-likeness (QED) is 0.850. The summed E-state index contributed by atoms with van der Waals surface area (Å²) < 4.78 is 0. The van der Waals surface area contributed by atoms with Gasteiger partial charge in [0, 0.05) is 18.0 Å². The zero-order valence-corrected chi connectivity index (χ0v) is 11.6. The Kier molecular flexibility index (Phi) is 3.77. The number of carbonyl (C=O) groups excluding carboxylic acids is 1. The van der Waals surface area contributed by atoms with Gasteiger partial charge in [0.05, 0.1) is 17.2 Å². The highest BCUT2D eigenvalue weighted by molar-refractivity contribution is 7.09. The van der Waals surface area contributed by atoms with Crippen LogP contribution in [0.1, 0.15) is 26.6 Å². The molecule has 0 fully saturated rings. The lowest BCUT2D eigenvalue weighted by Crippen LogP contribution is -2.26. The topological polar surface area (TPSA) is 33.2 Å². The van der Waals surface area contributed by atoms with E-state index in [9.17, 15) is 4.79 Å². The fraction of sp³-hybridized carbons (Fsp3) is 0.286. The van der Waals surface area contributed by atoms with Gasteiger partial charge in [0.25, 0.3) is 5.91 Å². The zero-order valence-electron chi connectivity index (χ0n) is 10.8. The van der Waals surface area contributed by atoms with Crippen LogP contribution in [0, 0.1) is 13.8 Å². The highest BCUT2D eigenvalue weighted by atomic mass is 32.1. The minimum Gasteiger partial charge on any atom is -0.336 e. The number of thiazole rings is 1. The summed E-state index contributed by atoms with van der Waals surface area (Å²) in [6.45, 7) is 4.48. The maximum atomic E-state index is 12.3. The molecular formula is C14H16N2OS. The Morgan fingerprint density at radius 1 is 1.33 bits per heavy atom. The highest BCUT2D eigenvalue weighted by Gasteiger charge is 2.14. The van der Waals surface area contributed by atoms with E-state index in [0.29, 0.717) is 6.54 Å². The van der Waals surface area contributed by atoms with E-state index >= 15 is 0 Å². The third-order valence-corrected chi connectivity index (χ3v) is 3.61. The SMILES string of the molecule is Cc1nc(CN(C)C(=O)c2ccccc2C)cs1. The van der Waals surface area contributed by atoms with Gasteiger partial charge in [0.2, 0.25) is 0 Å². The Morgan fingerprint density at radius 2 is 2.06 bits per heavy atom. The van der Waals surface area contributed by atoms with Crippen LogP contribution in [0.25, 0.3) is 0 Å². The van der Waals surface area contributed by atoms with Gasteiger partial charge in [-0.15, -0.1) is 11.3 Å². The molecule has 0 aliphatic heterocycles. The molecule has 4 heteroatoms. The lowest BCUT2D eigenvalue weighted by molar-refractivity contribution is 0.0783. The lowest BCUT2D eigenvalue weighted by atomic mass is 10.1. The molecule has 1 aromatic heterocycles. The molecule has 0 bridgehead atoms. The molecule has 1 heterocycles. The summed E-state index contributed by atoms with van der Waals surface area (Å²) in [6, 6.07) is 7.64. The van der Waals surface area contributed by atoms with Gasteiger partial charge in [-0.2, -0.15) is 0 Å². The minimum atomic E-state index is 0.0405. The first-order valence-corrected chi connectivity index (χ1v) is 6.68. The van der Waals surface area contributed by atoms with E-state index in [-0.39, 0.29) is 5.91 Å². The van der Waals surface area contributed by atoms with Crippen LogP contribution in [0.4, 0.5) is 0 Å². The fourth-order valence-corrected chi connectivity index (χ4v) is 2.42. The molecule has 2 aromatic rings. The first-order chi connectivity index (χ1) is 8.58. The van der Waals surface area contributed by atoms with Crippen LogP contribution in [0.15, 0.2) is 29.6 Å². The van der Waals surface area contributed by atoms with Crippen molar-refractivity contribution >= 4 is 17.2 Å². The second-order valence-corrected chi connectivity index (χ2v) is 5.40. The summed E-state index contributed by atoms with van der Waals surface area (Å²) in [7, 11) is 1.81. The van der Waals surface area contributed by atoms with Crippen molar-refractivity contribution in [2.45, 2.75) is 20.4 Å². The average molecular weight is 260 g/mol. The smallest absolute Gasteiger partial charge is 0.254 e. The van der Waals surface area contributed by atoms with Crippen molar-refractivity contribution < 1.29 is 4.79 Å². The molecule has 0 spiro atoms. The van der Waals surface area contributed by atoms with E-state index in [1.165, 1.54) is 0 Å². The van der Waals surface area contributed by atoms with Gasteiger partial charge < -0.3 is 4.90 Å². The molecule has 0 saturated heterocycles. The molecule has 0 N–H and O–H groups in total. The van der Waals surface area contributed by atoms with Crippen LogP contribution in [0.3, 0.4) is 0 Å². The van der Waals surface area contributed by atoms with Crippen LogP contribution in [0.2, 0.25) is 0 Å². The van der Waals surface area contributed by atoms with Gasteiger partial charge in [-0.25, -0.2) is 4.98 Å². The minimum absolute atomic E-state index is 0.0405. The number of rotatable bonds is 3. The predicted molar refractivity (Wildman–Crippen MR) is 73.8 cm³/mol. The third-order valence-electron chi connectivity index (χ3n) is 2.79. The molecule has 0 aliphatic carbocycles. The van der Waals surface area contributed by atoms with Gasteiger partial charge in [0.1, 0.15) is 0 Å². The number of hydrogen-bond donors (Lipinski definition) is 0. The summed E-state index contributed by atoms with van der Waals surface area (Å²) in [5.41, 5.74) is 2.71. The number of aryl methyl sites for hydroxylation is 2. The fourth-order valence-electron chi connectivity index (χ4n) is 1.81. The summed E-state index contributed by atoms with van der Waals surface area (Å²) in [5.74, 6) is 0.0405. The maximum absolute atomic E-state index is 12.3. The molecule has 0 aliphatic rings. The number of nitrogens with zero attached hydrogens (tertiary/aromatic N) is 2. The summed E-state index contributed by atoms with van der Waals surface area (Å²) in [6.07, 6.45) is 0. The van der Waals surface area contributed by atoms with Gasteiger partial charge in [-0.3, -0.25) is 4.79 Å². The van der Waals surface area contributed by atoms with Crippen LogP contribution in [-0.2, 0) is 6.54 Å². The molecular weight excluding hydrogens is 244 g/mol. The number of amides is 1. The summed E-state index contributed by atoms with van der Waals surface area (Å²) in [4.78, 5) is 18.4. The first-order valence-electron chi connectivity index (χ1n) is 5.80. The standard InChI is InChI=1S/C14H16N2OS/c1-10-6-4-5-7-13(10)14(17)16(3)8-12-9-18-11(2)15-12/h4-7,9H,8H2,1-3H3. The third kappa shape index (κ3) is 2.76. The number of hydrogen-bond acceptors (Lipinski definition) is 3. The monoisotopic (exact) mass is 260 g/mol. The van der Waals surface area contributed by atoms with Gasteiger partial charge in [-0.1, -0.05) is 18.2 Å². The number of benzene rings is 1. The number of aromatic nitrogens is 1. The Hall–Kier alpha value is -1.68. The molecule has 18 heavy (non-hydrogen) atoms. The Morgan fingerprint density at radius 3 is 2.67 bits per heavy atom. The zero-order chi connectivity index (χ0) is 13.1. The summed E-state index contributed by atoms with van der Waals surface area (Å²) >= 11 is 1.61. The second kappa shape index (κ2) is 5.31. The Balaban J connectivity index is 2.12. The molecule has 1 aromatic carbocycles. The van der Waals surface area contributed by atoms with Crippen molar-refractivity contribution in [3.05, 3.63) is 51.5 Å². The van der Waals surface area contributed by atoms with Crippen molar-refractivity contribution in [2.24, 2.45) is 0 Å². The predicted octanol–water partition coefficient (Wildman–Crippen LogP) is 3.03. The average Bonchev–Trinajstić information content (AvgIpc) is 2.74. The molecule has 1 amide bonds. The molecule has 94 valence electrons. The van der Waals surface area contributed by atoms with Gasteiger partial charge in [-0.05, 0) is 25.5 Å². The molecule has 0 radical (unpaired) electrons. The second-order valence-electron chi connectivity index (χ2n) is 4.33.